The fraction of sp³-hybridized carbons (Fsp3) is 0.200. The first kappa shape index (κ1) is 20.9. The molecule has 3 rings (SSSR count). The zero-order valence-corrected chi connectivity index (χ0v) is 17.4. The maximum Gasteiger partial charge on any atom is 0.191 e. The standard InChI is InChI=1S/C20H22FN5.HI/c1-22-20(24-14-17-8-4-5-10-19(17)21)23-13-16-7-2-3-9-18(16)15-26-12-6-11-25-26;/h2-12H,13-15H2,1H3,(H2,22,23,24);1H. The van der Waals surface area contributed by atoms with Crippen LogP contribution in [0.15, 0.2) is 72.0 Å². The van der Waals surface area contributed by atoms with Gasteiger partial charge in [-0.25, -0.2) is 4.39 Å². The maximum atomic E-state index is 13.7. The third kappa shape index (κ3) is 6.06. The molecule has 0 aliphatic rings. The van der Waals surface area contributed by atoms with Crippen molar-refractivity contribution in [1.29, 1.82) is 0 Å². The normalized spacial score (nSPS) is 11.0. The molecule has 0 unspecified atom stereocenters. The van der Waals surface area contributed by atoms with Crippen LogP contribution in [0.4, 0.5) is 4.39 Å². The third-order valence-corrected chi connectivity index (χ3v) is 4.08. The molecular formula is C20H23FIN5. The number of nitrogens with zero attached hydrogens (tertiary/aromatic N) is 3. The van der Waals surface area contributed by atoms with E-state index in [0.29, 0.717) is 31.2 Å². The zero-order valence-electron chi connectivity index (χ0n) is 15.1. The molecule has 1 heterocycles. The van der Waals surface area contributed by atoms with Crippen LogP contribution in [0.2, 0.25) is 0 Å². The predicted octanol–water partition coefficient (Wildman–Crippen LogP) is 3.55. The summed E-state index contributed by atoms with van der Waals surface area (Å²) in [6, 6.07) is 16.8. The van der Waals surface area contributed by atoms with E-state index in [-0.39, 0.29) is 29.8 Å². The van der Waals surface area contributed by atoms with Gasteiger partial charge < -0.3 is 10.6 Å². The first-order chi connectivity index (χ1) is 12.8. The lowest BCUT2D eigenvalue weighted by molar-refractivity contribution is 0.604. The second-order valence-corrected chi connectivity index (χ2v) is 5.84. The Balaban J connectivity index is 0.00000261. The summed E-state index contributed by atoms with van der Waals surface area (Å²) in [5, 5.41) is 10.7. The number of aromatic nitrogens is 2. The van der Waals surface area contributed by atoms with E-state index >= 15 is 0 Å². The highest BCUT2D eigenvalue weighted by molar-refractivity contribution is 14.0. The molecule has 2 N–H and O–H groups in total. The van der Waals surface area contributed by atoms with Crippen LogP contribution in [-0.2, 0) is 19.6 Å². The zero-order chi connectivity index (χ0) is 18.2. The van der Waals surface area contributed by atoms with E-state index in [1.165, 1.54) is 11.6 Å². The highest BCUT2D eigenvalue weighted by Crippen LogP contribution is 2.10. The molecule has 27 heavy (non-hydrogen) atoms. The smallest absolute Gasteiger partial charge is 0.191 e. The van der Waals surface area contributed by atoms with Crippen molar-refractivity contribution >= 4 is 29.9 Å². The molecule has 0 fully saturated rings. The van der Waals surface area contributed by atoms with E-state index in [4.69, 9.17) is 0 Å². The molecular weight excluding hydrogens is 456 g/mol. The summed E-state index contributed by atoms with van der Waals surface area (Å²) >= 11 is 0. The Hall–Kier alpha value is -2.42. The Labute approximate surface area is 175 Å². The van der Waals surface area contributed by atoms with Crippen LogP contribution in [0.5, 0.6) is 0 Å². The summed E-state index contributed by atoms with van der Waals surface area (Å²) in [4.78, 5) is 4.21. The number of aliphatic imine (C=N–C) groups is 1. The molecule has 7 heteroatoms. The SMILES string of the molecule is CN=C(NCc1ccccc1F)NCc1ccccc1Cn1cccn1.I. The Morgan fingerprint density at radius 3 is 2.22 bits per heavy atom. The average Bonchev–Trinajstić information content (AvgIpc) is 3.17. The van der Waals surface area contributed by atoms with Gasteiger partial charge in [0.15, 0.2) is 5.96 Å². The second-order valence-electron chi connectivity index (χ2n) is 5.84. The lowest BCUT2D eigenvalue weighted by Gasteiger charge is -2.14. The molecule has 3 aromatic rings. The second kappa shape index (κ2) is 10.7. The maximum absolute atomic E-state index is 13.7. The summed E-state index contributed by atoms with van der Waals surface area (Å²) < 4.78 is 15.6. The highest BCUT2D eigenvalue weighted by Gasteiger charge is 2.06. The number of guanidine groups is 1. The lowest BCUT2D eigenvalue weighted by atomic mass is 10.1. The molecule has 0 bridgehead atoms. The molecule has 0 aliphatic heterocycles. The fourth-order valence-electron chi connectivity index (χ4n) is 2.67. The molecule has 0 amide bonds. The van der Waals surface area contributed by atoms with Crippen LogP contribution in [0.3, 0.4) is 0 Å². The van der Waals surface area contributed by atoms with Gasteiger partial charge in [-0.1, -0.05) is 42.5 Å². The Morgan fingerprint density at radius 2 is 1.59 bits per heavy atom. The first-order valence-electron chi connectivity index (χ1n) is 8.48. The number of hydrogen-bond donors (Lipinski definition) is 2. The van der Waals surface area contributed by atoms with Gasteiger partial charge in [0.1, 0.15) is 5.82 Å². The van der Waals surface area contributed by atoms with E-state index in [0.717, 1.165) is 5.56 Å². The number of halogens is 2. The number of rotatable bonds is 6. The van der Waals surface area contributed by atoms with Crippen molar-refractivity contribution in [3.8, 4) is 0 Å². The Bertz CT molecular complexity index is 864. The summed E-state index contributed by atoms with van der Waals surface area (Å²) in [6.07, 6.45) is 3.72. The molecule has 2 aromatic carbocycles. The van der Waals surface area contributed by atoms with Crippen LogP contribution in [0.25, 0.3) is 0 Å². The molecule has 5 nitrogen and oxygen atoms in total. The molecule has 142 valence electrons. The molecule has 1 aromatic heterocycles. The largest absolute Gasteiger partial charge is 0.352 e. The first-order valence-corrected chi connectivity index (χ1v) is 8.48. The molecule has 0 aliphatic carbocycles. The van der Waals surface area contributed by atoms with Crippen molar-refractivity contribution in [3.05, 3.63) is 89.5 Å². The van der Waals surface area contributed by atoms with Gasteiger partial charge in [-0.3, -0.25) is 9.67 Å². The summed E-state index contributed by atoms with van der Waals surface area (Å²) in [6.45, 7) is 1.71. The minimum absolute atomic E-state index is 0. The van der Waals surface area contributed by atoms with Crippen LogP contribution in [0, 0.1) is 5.82 Å². The highest BCUT2D eigenvalue weighted by atomic mass is 127. The lowest BCUT2D eigenvalue weighted by Crippen LogP contribution is -2.36. The minimum Gasteiger partial charge on any atom is -0.352 e. The topological polar surface area (TPSA) is 54.2 Å². The number of benzene rings is 2. The van der Waals surface area contributed by atoms with Crippen molar-refractivity contribution in [2.75, 3.05) is 7.05 Å². The van der Waals surface area contributed by atoms with Gasteiger partial charge in [0.2, 0.25) is 0 Å². The monoisotopic (exact) mass is 479 g/mol. The van der Waals surface area contributed by atoms with Crippen LogP contribution < -0.4 is 10.6 Å². The van der Waals surface area contributed by atoms with E-state index in [2.05, 4.69) is 32.9 Å². The van der Waals surface area contributed by atoms with Gasteiger partial charge in [-0.2, -0.15) is 5.10 Å². The van der Waals surface area contributed by atoms with E-state index in [1.807, 2.05) is 35.1 Å². The fourth-order valence-corrected chi connectivity index (χ4v) is 2.67. The van der Waals surface area contributed by atoms with E-state index in [1.54, 1.807) is 25.4 Å². The number of hydrogen-bond acceptors (Lipinski definition) is 2. The van der Waals surface area contributed by atoms with Gasteiger partial charge in [0.25, 0.3) is 0 Å². The predicted molar refractivity (Wildman–Crippen MR) is 117 cm³/mol. The van der Waals surface area contributed by atoms with Gasteiger partial charge in [-0.15, -0.1) is 24.0 Å². The van der Waals surface area contributed by atoms with Crippen molar-refractivity contribution in [1.82, 2.24) is 20.4 Å². The van der Waals surface area contributed by atoms with Crippen LogP contribution in [-0.4, -0.2) is 22.8 Å². The molecule has 0 saturated heterocycles. The van der Waals surface area contributed by atoms with Gasteiger partial charge >= 0.3 is 0 Å². The van der Waals surface area contributed by atoms with E-state index < -0.39 is 0 Å². The summed E-state index contributed by atoms with van der Waals surface area (Å²) in [5.41, 5.74) is 2.96. The number of nitrogens with one attached hydrogen (secondary N) is 2. The van der Waals surface area contributed by atoms with Crippen molar-refractivity contribution in [3.63, 3.8) is 0 Å². The summed E-state index contributed by atoms with van der Waals surface area (Å²) in [5.74, 6) is 0.405. The van der Waals surface area contributed by atoms with Crippen molar-refractivity contribution in [2.24, 2.45) is 4.99 Å². The molecule has 0 spiro atoms. The Kier molecular flexibility index (Phi) is 8.25. The van der Waals surface area contributed by atoms with Gasteiger partial charge in [0.05, 0.1) is 6.54 Å². The molecule has 0 radical (unpaired) electrons. The summed E-state index contributed by atoms with van der Waals surface area (Å²) in [7, 11) is 1.70. The van der Waals surface area contributed by atoms with Crippen molar-refractivity contribution < 1.29 is 4.39 Å². The molecule has 0 atom stereocenters. The van der Waals surface area contributed by atoms with Crippen LogP contribution >= 0.6 is 24.0 Å². The van der Waals surface area contributed by atoms with Crippen LogP contribution in [0.1, 0.15) is 16.7 Å². The molecule has 0 saturated carbocycles. The third-order valence-electron chi connectivity index (χ3n) is 4.08. The van der Waals surface area contributed by atoms with Gasteiger partial charge in [0, 0.05) is 38.1 Å². The average molecular weight is 479 g/mol. The van der Waals surface area contributed by atoms with Gasteiger partial charge in [-0.05, 0) is 23.3 Å². The van der Waals surface area contributed by atoms with Crippen molar-refractivity contribution in [2.45, 2.75) is 19.6 Å². The minimum atomic E-state index is -0.222. The Morgan fingerprint density at radius 1 is 0.963 bits per heavy atom. The quantitative estimate of drug-likeness (QED) is 0.323. The van der Waals surface area contributed by atoms with E-state index in [9.17, 15) is 4.39 Å².